The number of unbranched alkanes of at least 4 members (excludes halogenated alkanes) is 12. The van der Waals surface area contributed by atoms with Crippen molar-refractivity contribution in [3.8, 4) is 0 Å². The summed E-state index contributed by atoms with van der Waals surface area (Å²) in [4.78, 5) is 0. The van der Waals surface area contributed by atoms with Crippen molar-refractivity contribution in [2.45, 2.75) is 149 Å². The van der Waals surface area contributed by atoms with Crippen molar-refractivity contribution in [3.63, 3.8) is 0 Å². The fourth-order valence-corrected chi connectivity index (χ4v) is 7.67. The Kier molecular flexibility index (Phi) is 29.6. The summed E-state index contributed by atoms with van der Waals surface area (Å²) in [6, 6.07) is 27.8. The number of rotatable bonds is 24. The van der Waals surface area contributed by atoms with Crippen LogP contribution in [0.4, 0.5) is 0 Å². The maximum Gasteiger partial charge on any atom is 0.357 e. The number of aliphatic hydroxyl groups is 2. The highest BCUT2D eigenvalue weighted by atomic mass is 127. The van der Waals surface area contributed by atoms with Crippen LogP contribution in [0.15, 0.2) is 85.5 Å². The van der Waals surface area contributed by atoms with E-state index in [-0.39, 0.29) is 27.8 Å². The van der Waals surface area contributed by atoms with Gasteiger partial charge in [-0.25, -0.2) is 0 Å². The van der Waals surface area contributed by atoms with Crippen LogP contribution in [0.3, 0.4) is 0 Å². The van der Waals surface area contributed by atoms with Crippen molar-refractivity contribution in [2.75, 3.05) is 13.2 Å². The van der Waals surface area contributed by atoms with Crippen LogP contribution in [-0.4, -0.2) is 23.4 Å². The molecule has 0 fully saturated rings. The minimum absolute atomic E-state index is 0.0408. The van der Waals surface area contributed by atoms with Gasteiger partial charge in [0.25, 0.3) is 0 Å². The highest BCUT2D eigenvalue weighted by Crippen LogP contribution is 2.12. The predicted octanol–water partition coefficient (Wildman–Crippen LogP) is 9.13. The molecule has 0 atom stereocenters. The van der Waals surface area contributed by atoms with E-state index >= 15 is 0 Å². The Bertz CT molecular complexity index is 1050. The zero-order chi connectivity index (χ0) is 34.9. The summed E-state index contributed by atoms with van der Waals surface area (Å²) in [6.45, 7) is 10.4. The van der Waals surface area contributed by atoms with Crippen LogP contribution in [0.5, 0.6) is 0 Å². The first-order chi connectivity index (χ1) is 23.6. The molecule has 0 saturated carbocycles. The molecule has 2 N–H and O–H groups in total. The average Bonchev–Trinajstić information content (AvgIpc) is 3.13. The Labute approximate surface area is 307 Å². The van der Waals surface area contributed by atoms with Gasteiger partial charge in [0, 0.05) is 6.61 Å². The number of hydrogen-bond donors (Lipinski definition) is 2. The lowest BCUT2D eigenvalue weighted by Gasteiger charge is -2.04. The second-order valence-electron chi connectivity index (χ2n) is 13.0. The number of halogens is 1. The van der Waals surface area contributed by atoms with Gasteiger partial charge in [-0.1, -0.05) is 152 Å². The first kappa shape index (κ1) is 44.1. The molecule has 3 rings (SSSR count). The summed E-state index contributed by atoms with van der Waals surface area (Å²) in [5, 5.41) is 16.5. The summed E-state index contributed by atoms with van der Waals surface area (Å²) in [6.07, 6.45) is 27.4. The molecule has 3 heteroatoms. The van der Waals surface area contributed by atoms with Crippen molar-refractivity contribution in [1.82, 2.24) is 0 Å². The van der Waals surface area contributed by atoms with E-state index in [0.717, 1.165) is 12.8 Å². The molecule has 3 aromatic rings. The van der Waals surface area contributed by atoms with Crippen molar-refractivity contribution in [2.24, 2.45) is 0 Å². The van der Waals surface area contributed by atoms with Crippen LogP contribution in [0.25, 0.3) is 0 Å². The third-order valence-corrected chi connectivity index (χ3v) is 11.2. The molecule has 0 aliphatic carbocycles. The molecule has 2 nitrogen and oxygen atoms in total. The molecule has 48 heavy (non-hydrogen) atoms. The molecule has 0 aliphatic heterocycles. The van der Waals surface area contributed by atoms with Crippen molar-refractivity contribution < 1.29 is 31.4 Å². The van der Waals surface area contributed by atoms with Gasteiger partial charge in [0.15, 0.2) is 7.14 Å². The van der Waals surface area contributed by atoms with E-state index in [1.807, 2.05) is 0 Å². The Morgan fingerprint density at radius 2 is 0.708 bits per heavy atom. The van der Waals surface area contributed by atoms with E-state index in [4.69, 9.17) is 10.2 Å². The molecule has 3 aromatic carbocycles. The molecule has 0 saturated heterocycles. The van der Waals surface area contributed by atoms with Gasteiger partial charge in [0.1, 0.15) is 0 Å². The summed E-state index contributed by atoms with van der Waals surface area (Å²) in [5.41, 5.74) is 5.82. The molecule has 0 unspecified atom stereocenters. The van der Waals surface area contributed by atoms with E-state index in [1.165, 1.54) is 151 Å². The third kappa shape index (κ3) is 24.2. The second-order valence-corrected chi connectivity index (χ2v) is 16.0. The lowest BCUT2D eigenvalue weighted by Crippen LogP contribution is -3.61. The van der Waals surface area contributed by atoms with Crippen LogP contribution in [-0.2, 0) is 25.7 Å². The quantitative estimate of drug-likeness (QED) is 0.0543. The SMILES string of the molecule is C=CCO.CCCCCCCc1ccc(CCCO)cc1.CCCCCCCc1ccc([I+]c2ccc(CCCCCCC)cc2)cc1. The fourth-order valence-electron chi connectivity index (χ4n) is 5.51. The summed E-state index contributed by atoms with van der Waals surface area (Å²) >= 11 is -0.0408. The second kappa shape index (κ2) is 32.3. The van der Waals surface area contributed by atoms with Gasteiger partial charge >= 0.3 is 21.2 Å². The molecule has 0 amide bonds. The zero-order valence-electron chi connectivity index (χ0n) is 31.0. The monoisotopic (exact) mass is 769 g/mol. The fraction of sp³-hybridized carbons (Fsp3) is 0.556. The largest absolute Gasteiger partial charge is 0.396 e. The average molecular weight is 770 g/mol. The Morgan fingerprint density at radius 1 is 0.438 bits per heavy atom. The first-order valence-corrected chi connectivity index (χ1v) is 21.5. The maximum absolute atomic E-state index is 8.77. The van der Waals surface area contributed by atoms with Crippen molar-refractivity contribution >= 4 is 0 Å². The van der Waals surface area contributed by atoms with Crippen LogP contribution in [0.2, 0.25) is 0 Å². The van der Waals surface area contributed by atoms with E-state index in [9.17, 15) is 0 Å². The smallest absolute Gasteiger partial charge is 0.357 e. The number of hydrogen-bond acceptors (Lipinski definition) is 2. The zero-order valence-corrected chi connectivity index (χ0v) is 33.2. The molecule has 0 spiro atoms. The van der Waals surface area contributed by atoms with E-state index < -0.39 is 0 Å². The van der Waals surface area contributed by atoms with E-state index in [1.54, 1.807) is 0 Å². The van der Waals surface area contributed by atoms with Crippen molar-refractivity contribution in [3.05, 3.63) is 115 Å². The molecule has 0 bridgehead atoms. The standard InChI is InChI=1S/C26H38I.C16H26O.C3H6O/c1-3-5-7-9-11-13-23-15-19-25(20-16-23)27-26-21-17-24(18-22-26)14-12-10-8-6-4-2;1-2-3-4-5-6-8-15-10-12-16(13-11-15)9-7-14-17;1-2-3-4/h15-22H,3-14H2,1-2H3;10-13,17H,2-9,14H2,1H3;2,4H,1,3H2/q+1;;. The Hall–Kier alpha value is -1.95. The van der Waals surface area contributed by atoms with Gasteiger partial charge < -0.3 is 10.2 Å². The number of aryl methyl sites for hydroxylation is 4. The van der Waals surface area contributed by atoms with Crippen LogP contribution in [0.1, 0.15) is 146 Å². The minimum Gasteiger partial charge on any atom is -0.396 e. The maximum atomic E-state index is 8.77. The molecular formula is C45H70IO2+. The molecule has 0 aliphatic rings. The number of benzene rings is 3. The highest BCUT2D eigenvalue weighted by Gasteiger charge is 2.15. The summed E-state index contributed by atoms with van der Waals surface area (Å²) in [7, 11) is 0. The van der Waals surface area contributed by atoms with Crippen LogP contribution in [0, 0.1) is 7.14 Å². The first-order valence-electron chi connectivity index (χ1n) is 19.3. The predicted molar refractivity (Wildman–Crippen MR) is 207 cm³/mol. The number of aliphatic hydroxyl groups excluding tert-OH is 2. The summed E-state index contributed by atoms with van der Waals surface area (Å²) in [5.74, 6) is 0. The van der Waals surface area contributed by atoms with Gasteiger partial charge in [0.2, 0.25) is 0 Å². The molecule has 0 aromatic heterocycles. The minimum atomic E-state index is -0.0408. The van der Waals surface area contributed by atoms with Gasteiger partial charge in [-0.3, -0.25) is 0 Å². The Morgan fingerprint density at radius 3 is 0.979 bits per heavy atom. The van der Waals surface area contributed by atoms with Gasteiger partial charge in [0.05, 0.1) is 6.61 Å². The lowest BCUT2D eigenvalue weighted by atomic mass is 10.0. The lowest BCUT2D eigenvalue weighted by molar-refractivity contribution is -0.597. The third-order valence-electron chi connectivity index (χ3n) is 8.53. The van der Waals surface area contributed by atoms with E-state index in [0.29, 0.717) is 6.61 Å². The van der Waals surface area contributed by atoms with Gasteiger partial charge in [-0.15, -0.1) is 6.58 Å². The Balaban J connectivity index is 0.000000468. The van der Waals surface area contributed by atoms with E-state index in [2.05, 4.69) is 100 Å². The molecular weight excluding hydrogens is 699 g/mol. The summed E-state index contributed by atoms with van der Waals surface area (Å²) < 4.78 is 3.08. The highest BCUT2D eigenvalue weighted by molar-refractivity contribution is 5.22. The van der Waals surface area contributed by atoms with Gasteiger partial charge in [-0.05, 0) is 97.9 Å². The van der Waals surface area contributed by atoms with Gasteiger partial charge in [-0.2, -0.15) is 0 Å². The molecule has 0 radical (unpaired) electrons. The van der Waals surface area contributed by atoms with Crippen LogP contribution >= 0.6 is 0 Å². The van der Waals surface area contributed by atoms with Crippen molar-refractivity contribution in [1.29, 1.82) is 0 Å². The molecule has 268 valence electrons. The normalized spacial score (nSPS) is 10.5. The molecule has 0 heterocycles. The van der Waals surface area contributed by atoms with Crippen LogP contribution < -0.4 is 21.2 Å². The topological polar surface area (TPSA) is 40.5 Å².